The molecule has 0 aliphatic rings. The molecule has 0 N–H and O–H groups in total. The van der Waals surface area contributed by atoms with E-state index in [-0.39, 0.29) is 31.1 Å². The van der Waals surface area contributed by atoms with Gasteiger partial charge in [-0.05, 0) is 89.9 Å². The quantitative estimate of drug-likeness (QED) is 0.0199. The number of hydrogen-bond donors (Lipinski definition) is 0. The van der Waals surface area contributed by atoms with Gasteiger partial charge in [0.05, 0.1) is 0 Å². The number of allylic oxidation sites excluding steroid dienone is 14. The Kier molecular flexibility index (Phi) is 49.4. The van der Waals surface area contributed by atoms with Crippen molar-refractivity contribution >= 4 is 17.9 Å². The van der Waals surface area contributed by atoms with Gasteiger partial charge >= 0.3 is 17.9 Å². The molecule has 0 saturated carbocycles. The van der Waals surface area contributed by atoms with Gasteiger partial charge in [0.25, 0.3) is 0 Å². The Hall–Kier alpha value is -3.41. The molecule has 0 aromatic carbocycles. The number of rotatable bonds is 47. The minimum Gasteiger partial charge on any atom is -0.462 e. The van der Waals surface area contributed by atoms with E-state index in [9.17, 15) is 14.4 Å². The Morgan fingerprint density at radius 3 is 1.02 bits per heavy atom. The number of esters is 3. The molecular weight excluding hydrogens is 793 g/mol. The summed E-state index contributed by atoms with van der Waals surface area (Å²) in [4.78, 5) is 38.0. The summed E-state index contributed by atoms with van der Waals surface area (Å²) >= 11 is 0. The predicted octanol–water partition coefficient (Wildman–Crippen LogP) is 17.6. The second-order valence-electron chi connectivity index (χ2n) is 17.5. The summed E-state index contributed by atoms with van der Waals surface area (Å²) in [5, 5.41) is 0. The molecule has 64 heavy (non-hydrogen) atoms. The lowest BCUT2D eigenvalue weighted by atomic mass is 10.1. The zero-order valence-corrected chi connectivity index (χ0v) is 41.8. The van der Waals surface area contributed by atoms with Crippen molar-refractivity contribution in [3.63, 3.8) is 0 Å². The smallest absolute Gasteiger partial charge is 0.306 e. The number of unbranched alkanes of at least 4 members (excludes halogenated alkanes) is 26. The van der Waals surface area contributed by atoms with Crippen molar-refractivity contribution in [3.8, 4) is 0 Å². The van der Waals surface area contributed by atoms with Gasteiger partial charge in [0, 0.05) is 19.3 Å². The summed E-state index contributed by atoms with van der Waals surface area (Å²) in [5.74, 6) is -0.938. The molecule has 0 rings (SSSR count). The van der Waals surface area contributed by atoms with Crippen LogP contribution in [0.2, 0.25) is 0 Å². The van der Waals surface area contributed by atoms with Crippen molar-refractivity contribution in [2.45, 2.75) is 252 Å². The zero-order chi connectivity index (χ0) is 46.5. The normalized spacial score (nSPS) is 12.7. The molecule has 0 aliphatic heterocycles. The standard InChI is InChI=1S/C58H98O6/c1-4-7-10-13-16-19-22-25-27-28-29-31-33-36-39-42-45-48-51-57(60)63-54-55(53-62-56(59)50-47-44-41-38-35-32-24-21-18-15-12-9-6-3)64-58(61)52-49-46-43-40-37-34-30-26-23-20-17-14-11-8-5-2/h10,13,16,19-20,22-23,25,27-29,31-32,35,55H,4-9,11-12,14-15,17-18,21,24,26,30,33-34,36-54H2,1-3H3/b13-10-,19-16-,23-20-,25-22-,28-27-,31-29-,35-32-. The monoisotopic (exact) mass is 891 g/mol. The topological polar surface area (TPSA) is 78.9 Å². The lowest BCUT2D eigenvalue weighted by molar-refractivity contribution is -0.167. The maximum absolute atomic E-state index is 12.8. The van der Waals surface area contributed by atoms with Gasteiger partial charge < -0.3 is 14.2 Å². The van der Waals surface area contributed by atoms with Crippen molar-refractivity contribution in [1.82, 2.24) is 0 Å². The second kappa shape index (κ2) is 52.2. The molecule has 0 aromatic heterocycles. The molecule has 0 saturated heterocycles. The fourth-order valence-electron chi connectivity index (χ4n) is 7.17. The van der Waals surface area contributed by atoms with Gasteiger partial charge in [-0.3, -0.25) is 14.4 Å². The number of carbonyl (C=O) groups excluding carboxylic acids is 3. The summed E-state index contributed by atoms with van der Waals surface area (Å²) in [6.07, 6.45) is 67.0. The van der Waals surface area contributed by atoms with E-state index >= 15 is 0 Å². The van der Waals surface area contributed by atoms with E-state index < -0.39 is 6.10 Å². The van der Waals surface area contributed by atoms with Crippen LogP contribution in [0.15, 0.2) is 85.1 Å². The third kappa shape index (κ3) is 49.6. The first-order valence-corrected chi connectivity index (χ1v) is 26.7. The van der Waals surface area contributed by atoms with Gasteiger partial charge in [-0.25, -0.2) is 0 Å². The molecule has 0 aromatic rings. The molecule has 6 heteroatoms. The lowest BCUT2D eigenvalue weighted by Crippen LogP contribution is -2.30. The average Bonchev–Trinajstić information content (AvgIpc) is 3.29. The summed E-state index contributed by atoms with van der Waals surface area (Å²) in [6.45, 7) is 6.49. The molecule has 0 bridgehead atoms. The molecule has 0 amide bonds. The number of carbonyl (C=O) groups is 3. The van der Waals surface area contributed by atoms with Crippen molar-refractivity contribution in [3.05, 3.63) is 85.1 Å². The fraction of sp³-hybridized carbons (Fsp3) is 0.707. The molecule has 0 radical (unpaired) electrons. The minimum absolute atomic E-state index is 0.0949. The first kappa shape index (κ1) is 60.6. The van der Waals surface area contributed by atoms with Crippen molar-refractivity contribution in [1.29, 1.82) is 0 Å². The van der Waals surface area contributed by atoms with E-state index in [2.05, 4.69) is 81.5 Å². The molecule has 1 unspecified atom stereocenters. The SMILES string of the molecule is CCC\C=C/C=C\C=C/C=C\C=C/CCCCCCCC(=O)OCC(COC(=O)CCCCC/C=C\CCCCCCCC)OC(=O)CCCCCCCCC/C=C\CCCCCC. The number of hydrogen-bond acceptors (Lipinski definition) is 6. The van der Waals surface area contributed by atoms with Crippen LogP contribution in [0.1, 0.15) is 245 Å². The lowest BCUT2D eigenvalue weighted by Gasteiger charge is -2.18. The van der Waals surface area contributed by atoms with Gasteiger partial charge in [0.2, 0.25) is 0 Å². The fourth-order valence-corrected chi connectivity index (χ4v) is 7.17. The van der Waals surface area contributed by atoms with Gasteiger partial charge in [0.15, 0.2) is 6.10 Å². The van der Waals surface area contributed by atoms with Gasteiger partial charge in [-0.15, -0.1) is 0 Å². The van der Waals surface area contributed by atoms with E-state index in [0.717, 1.165) is 96.3 Å². The van der Waals surface area contributed by atoms with Crippen LogP contribution in [0.25, 0.3) is 0 Å². The van der Waals surface area contributed by atoms with Crippen LogP contribution < -0.4 is 0 Å². The van der Waals surface area contributed by atoms with E-state index in [1.807, 2.05) is 24.3 Å². The van der Waals surface area contributed by atoms with Crippen LogP contribution in [0, 0.1) is 0 Å². The Morgan fingerprint density at radius 2 is 0.609 bits per heavy atom. The van der Waals surface area contributed by atoms with Crippen molar-refractivity contribution < 1.29 is 28.6 Å². The summed E-state index contributed by atoms with van der Waals surface area (Å²) < 4.78 is 16.8. The molecule has 1 atom stereocenters. The Morgan fingerprint density at radius 1 is 0.312 bits per heavy atom. The molecular formula is C58H98O6. The molecule has 0 aliphatic carbocycles. The van der Waals surface area contributed by atoms with Crippen LogP contribution in [-0.2, 0) is 28.6 Å². The van der Waals surface area contributed by atoms with Crippen molar-refractivity contribution in [2.75, 3.05) is 13.2 Å². The summed E-state index contributed by atoms with van der Waals surface area (Å²) in [6, 6.07) is 0. The molecule has 366 valence electrons. The van der Waals surface area contributed by atoms with Crippen LogP contribution in [-0.4, -0.2) is 37.2 Å². The molecule has 0 fully saturated rings. The third-order valence-electron chi connectivity index (χ3n) is 11.2. The van der Waals surface area contributed by atoms with E-state index in [1.165, 1.54) is 109 Å². The minimum atomic E-state index is -0.795. The Labute approximate surface area is 395 Å². The molecule has 0 spiro atoms. The van der Waals surface area contributed by atoms with E-state index in [4.69, 9.17) is 14.2 Å². The van der Waals surface area contributed by atoms with Gasteiger partial charge in [0.1, 0.15) is 13.2 Å². The highest BCUT2D eigenvalue weighted by Crippen LogP contribution is 2.14. The Bertz CT molecular complexity index is 1250. The second-order valence-corrected chi connectivity index (χ2v) is 17.5. The van der Waals surface area contributed by atoms with Crippen LogP contribution in [0.4, 0.5) is 0 Å². The van der Waals surface area contributed by atoms with Crippen molar-refractivity contribution in [2.24, 2.45) is 0 Å². The third-order valence-corrected chi connectivity index (χ3v) is 11.2. The van der Waals surface area contributed by atoms with Crippen LogP contribution in [0.3, 0.4) is 0 Å². The highest BCUT2D eigenvalue weighted by Gasteiger charge is 2.19. The first-order chi connectivity index (χ1) is 31.5. The highest BCUT2D eigenvalue weighted by atomic mass is 16.6. The maximum Gasteiger partial charge on any atom is 0.306 e. The summed E-state index contributed by atoms with van der Waals surface area (Å²) in [7, 11) is 0. The van der Waals surface area contributed by atoms with Crippen LogP contribution >= 0.6 is 0 Å². The molecule has 6 nitrogen and oxygen atoms in total. The zero-order valence-electron chi connectivity index (χ0n) is 41.8. The average molecular weight is 891 g/mol. The Balaban J connectivity index is 4.46. The highest BCUT2D eigenvalue weighted by molar-refractivity contribution is 5.71. The first-order valence-electron chi connectivity index (χ1n) is 26.7. The van der Waals surface area contributed by atoms with Gasteiger partial charge in [-0.2, -0.15) is 0 Å². The van der Waals surface area contributed by atoms with Crippen LogP contribution in [0.5, 0.6) is 0 Å². The van der Waals surface area contributed by atoms with E-state index in [0.29, 0.717) is 19.3 Å². The largest absolute Gasteiger partial charge is 0.462 e. The predicted molar refractivity (Wildman–Crippen MR) is 274 cm³/mol. The molecule has 0 heterocycles. The maximum atomic E-state index is 12.8. The number of ether oxygens (including phenoxy) is 3. The van der Waals surface area contributed by atoms with Gasteiger partial charge in [-0.1, -0.05) is 221 Å². The summed E-state index contributed by atoms with van der Waals surface area (Å²) in [5.41, 5.74) is 0. The van der Waals surface area contributed by atoms with E-state index in [1.54, 1.807) is 0 Å².